The number of esters is 1. The number of methoxy groups -OCH3 is 1. The van der Waals surface area contributed by atoms with Crippen LogP contribution in [0.3, 0.4) is 0 Å². The predicted octanol–water partition coefficient (Wildman–Crippen LogP) is 1.87. The molecule has 1 fully saturated rings. The Morgan fingerprint density at radius 3 is 2.44 bits per heavy atom. The number of amides is 4. The zero-order valence-electron chi connectivity index (χ0n) is 19.8. The summed E-state index contributed by atoms with van der Waals surface area (Å²) in [6.45, 7) is 1.51. The molecule has 0 radical (unpaired) electrons. The highest BCUT2D eigenvalue weighted by Crippen LogP contribution is 2.43. The lowest BCUT2D eigenvalue weighted by atomic mass is 9.96. The Labute approximate surface area is 212 Å². The number of hydrogen-bond donors (Lipinski definition) is 3. The number of carbonyl (C=O) groups is 4. The molecule has 0 saturated carbocycles. The summed E-state index contributed by atoms with van der Waals surface area (Å²) in [5, 5.41) is 7.19. The summed E-state index contributed by atoms with van der Waals surface area (Å²) in [5.41, 5.74) is 0.0164. The molecule has 1 saturated heterocycles. The van der Waals surface area contributed by atoms with Gasteiger partial charge in [0.15, 0.2) is 0 Å². The highest BCUT2D eigenvalue weighted by Gasteiger charge is 2.65. The van der Waals surface area contributed by atoms with Crippen LogP contribution >= 0.6 is 11.8 Å². The molecule has 2 aromatic carbocycles. The van der Waals surface area contributed by atoms with Gasteiger partial charge in [-0.3, -0.25) is 14.5 Å². The molecule has 10 nitrogen and oxygen atoms in total. The average Bonchev–Trinajstić information content (AvgIpc) is 2.90. The van der Waals surface area contributed by atoms with Crippen LogP contribution in [-0.2, 0) is 32.3 Å². The van der Waals surface area contributed by atoms with Gasteiger partial charge in [-0.2, -0.15) is 0 Å². The lowest BCUT2D eigenvalue weighted by Gasteiger charge is -2.56. The van der Waals surface area contributed by atoms with Crippen molar-refractivity contribution in [3.63, 3.8) is 0 Å². The fraction of sp³-hybridized carbons (Fsp3) is 0.280. The van der Waals surface area contributed by atoms with E-state index in [0.717, 1.165) is 11.1 Å². The molecule has 0 aliphatic carbocycles. The summed E-state index contributed by atoms with van der Waals surface area (Å²) in [6.07, 6.45) is 1.60. The minimum atomic E-state index is -1.69. The number of nitrogens with one attached hydrogen (secondary N) is 3. The molecule has 188 valence electrons. The summed E-state index contributed by atoms with van der Waals surface area (Å²) in [6, 6.07) is 15.7. The van der Waals surface area contributed by atoms with Crippen LogP contribution in [-0.4, -0.2) is 52.6 Å². The minimum Gasteiger partial charge on any atom is -0.497 e. The van der Waals surface area contributed by atoms with Gasteiger partial charge in [-0.15, -0.1) is 11.8 Å². The molecule has 36 heavy (non-hydrogen) atoms. The zero-order chi connectivity index (χ0) is 25.7. The first-order valence-electron chi connectivity index (χ1n) is 11.2. The van der Waals surface area contributed by atoms with Crippen LogP contribution in [0.4, 0.5) is 4.79 Å². The van der Waals surface area contributed by atoms with E-state index in [0.29, 0.717) is 11.5 Å². The Balaban J connectivity index is 1.43. The summed E-state index contributed by atoms with van der Waals surface area (Å²) < 4.78 is 10.5. The van der Waals surface area contributed by atoms with Crippen molar-refractivity contribution in [2.45, 2.75) is 31.1 Å². The maximum absolute atomic E-state index is 13.3. The van der Waals surface area contributed by atoms with Crippen LogP contribution < -0.4 is 20.7 Å². The number of fused-ring (bicyclic) bond motifs is 1. The molecule has 0 spiro atoms. The predicted molar refractivity (Wildman–Crippen MR) is 132 cm³/mol. The monoisotopic (exact) mass is 510 g/mol. The second-order valence-corrected chi connectivity index (χ2v) is 9.27. The van der Waals surface area contributed by atoms with Gasteiger partial charge in [0.2, 0.25) is 11.6 Å². The number of ether oxygens (including phenoxy) is 2. The van der Waals surface area contributed by atoms with Gasteiger partial charge in [-0.1, -0.05) is 42.5 Å². The van der Waals surface area contributed by atoms with Gasteiger partial charge in [0.05, 0.1) is 7.11 Å². The van der Waals surface area contributed by atoms with Gasteiger partial charge in [0, 0.05) is 19.2 Å². The first kappa shape index (κ1) is 25.1. The summed E-state index contributed by atoms with van der Waals surface area (Å²) in [5.74, 6) is -0.728. The van der Waals surface area contributed by atoms with Gasteiger partial charge in [-0.05, 0) is 29.3 Å². The third kappa shape index (κ3) is 5.15. The molecule has 2 atom stereocenters. The number of carbonyl (C=O) groups excluding carboxylic acids is 4. The minimum absolute atomic E-state index is 0.0109. The molecule has 2 aromatic rings. The topological polar surface area (TPSA) is 126 Å². The van der Waals surface area contributed by atoms with Crippen molar-refractivity contribution >= 4 is 35.6 Å². The summed E-state index contributed by atoms with van der Waals surface area (Å²) in [4.78, 5) is 52.1. The highest BCUT2D eigenvalue weighted by atomic mass is 32.2. The van der Waals surface area contributed by atoms with Crippen molar-refractivity contribution in [3.05, 3.63) is 77.5 Å². The summed E-state index contributed by atoms with van der Waals surface area (Å²) >= 11 is 1.31. The van der Waals surface area contributed by atoms with E-state index in [1.807, 2.05) is 30.3 Å². The quantitative estimate of drug-likeness (QED) is 0.281. The van der Waals surface area contributed by atoms with Crippen molar-refractivity contribution in [1.29, 1.82) is 0 Å². The van der Waals surface area contributed by atoms with Crippen molar-refractivity contribution in [3.8, 4) is 5.75 Å². The number of thioether (sulfide) groups is 1. The number of nitrogens with zero attached hydrogens (tertiary/aromatic N) is 1. The Hall–Kier alpha value is -3.99. The SMILES string of the molecule is COc1ccc(COC(=O)C2=CCS[C@@H]3N2C(=O)C3(NC(C)=O)NC(=O)NCc2ccccc2)cc1. The van der Waals surface area contributed by atoms with Crippen molar-refractivity contribution in [1.82, 2.24) is 20.9 Å². The number of benzene rings is 2. The Morgan fingerprint density at radius 2 is 1.78 bits per heavy atom. The average molecular weight is 511 g/mol. The summed E-state index contributed by atoms with van der Waals surface area (Å²) in [7, 11) is 1.56. The smallest absolute Gasteiger partial charge is 0.355 e. The molecule has 3 N–H and O–H groups in total. The van der Waals surface area contributed by atoms with E-state index in [9.17, 15) is 19.2 Å². The molecule has 4 rings (SSSR count). The largest absolute Gasteiger partial charge is 0.497 e. The molecule has 2 aliphatic rings. The second kappa shape index (κ2) is 10.7. The van der Waals surface area contributed by atoms with Gasteiger partial charge in [-0.25, -0.2) is 9.59 Å². The Morgan fingerprint density at radius 1 is 1.06 bits per heavy atom. The van der Waals surface area contributed by atoms with Crippen LogP contribution in [0, 0.1) is 0 Å². The van der Waals surface area contributed by atoms with E-state index in [1.165, 1.54) is 23.6 Å². The van der Waals surface area contributed by atoms with Crippen LogP contribution in [0.15, 0.2) is 66.4 Å². The van der Waals surface area contributed by atoms with Crippen LogP contribution in [0.1, 0.15) is 18.1 Å². The number of β-lactam (4-membered cyclic amide) rings is 1. The van der Waals surface area contributed by atoms with Crippen molar-refractivity contribution < 1.29 is 28.7 Å². The van der Waals surface area contributed by atoms with Gasteiger partial charge in [0.25, 0.3) is 5.91 Å². The van der Waals surface area contributed by atoms with Gasteiger partial charge < -0.3 is 25.4 Å². The molecule has 2 aliphatic heterocycles. The number of hydrogen-bond acceptors (Lipinski definition) is 7. The zero-order valence-corrected chi connectivity index (χ0v) is 20.6. The van der Waals surface area contributed by atoms with Gasteiger partial charge >= 0.3 is 12.0 Å². The van der Waals surface area contributed by atoms with E-state index >= 15 is 0 Å². The van der Waals surface area contributed by atoms with Crippen LogP contribution in [0.5, 0.6) is 5.75 Å². The third-order valence-electron chi connectivity index (χ3n) is 5.67. The van der Waals surface area contributed by atoms with Crippen LogP contribution in [0.25, 0.3) is 0 Å². The van der Waals surface area contributed by atoms with Gasteiger partial charge in [0.1, 0.15) is 23.4 Å². The Kier molecular flexibility index (Phi) is 7.49. The number of rotatable bonds is 8. The van der Waals surface area contributed by atoms with E-state index < -0.39 is 34.9 Å². The van der Waals surface area contributed by atoms with Crippen molar-refractivity contribution in [2.24, 2.45) is 0 Å². The van der Waals surface area contributed by atoms with E-state index in [-0.39, 0.29) is 18.8 Å². The molecular formula is C25H26N4O6S. The molecule has 2 heterocycles. The fourth-order valence-corrected chi connectivity index (χ4v) is 5.21. The second-order valence-electron chi connectivity index (χ2n) is 8.16. The molecule has 11 heteroatoms. The van der Waals surface area contributed by atoms with Crippen LogP contribution in [0.2, 0.25) is 0 Å². The highest BCUT2D eigenvalue weighted by molar-refractivity contribution is 8.00. The molecular weight excluding hydrogens is 484 g/mol. The van der Waals surface area contributed by atoms with E-state index in [4.69, 9.17) is 9.47 Å². The first-order chi connectivity index (χ1) is 17.3. The maximum atomic E-state index is 13.3. The third-order valence-corrected chi connectivity index (χ3v) is 6.91. The lowest BCUT2D eigenvalue weighted by Crippen LogP contribution is -2.86. The lowest BCUT2D eigenvalue weighted by molar-refractivity contribution is -0.162. The first-order valence-corrected chi connectivity index (χ1v) is 12.2. The van der Waals surface area contributed by atoms with E-state index in [1.54, 1.807) is 37.5 Å². The Bertz CT molecular complexity index is 1190. The fourth-order valence-electron chi connectivity index (χ4n) is 3.95. The normalized spacial score (nSPS) is 20.3. The standard InChI is InChI=1S/C25H26N4O6S/c1-16(30)27-25(28-24(33)26-14-17-6-4-3-5-7-17)22(32)29-20(12-13-36-23(25)29)21(31)35-15-18-8-10-19(34-2)11-9-18/h3-12,23H,13-15H2,1-2H3,(H,27,30)(H2,26,28,33)/t23-,25?/m0/s1. The molecule has 1 unspecified atom stereocenters. The van der Waals surface area contributed by atoms with E-state index in [2.05, 4.69) is 16.0 Å². The number of urea groups is 1. The maximum Gasteiger partial charge on any atom is 0.355 e. The van der Waals surface area contributed by atoms with Crippen molar-refractivity contribution in [2.75, 3.05) is 12.9 Å². The molecule has 0 bridgehead atoms. The molecule has 4 amide bonds. The molecule has 0 aromatic heterocycles.